The lowest BCUT2D eigenvalue weighted by Gasteiger charge is -2.11. The first-order valence-electron chi connectivity index (χ1n) is 5.59. The minimum atomic E-state index is -4.50. The summed E-state index contributed by atoms with van der Waals surface area (Å²) in [5.41, 5.74) is 5.06. The lowest BCUT2D eigenvalue weighted by atomic mass is 10.2. The molecule has 0 unspecified atom stereocenters. The summed E-state index contributed by atoms with van der Waals surface area (Å²) in [6.07, 6.45) is -3.73. The number of hydrogen-bond donors (Lipinski definition) is 1. The van der Waals surface area contributed by atoms with E-state index in [1.807, 2.05) is 0 Å². The van der Waals surface area contributed by atoms with Gasteiger partial charge in [0, 0.05) is 23.0 Å². The smallest absolute Gasteiger partial charge is 0.399 e. The fourth-order valence-corrected chi connectivity index (χ4v) is 1.95. The first-order chi connectivity index (χ1) is 9.27. The molecule has 0 spiro atoms. The number of benzene rings is 1. The van der Waals surface area contributed by atoms with Crippen LogP contribution in [0.3, 0.4) is 0 Å². The number of nitrogens with zero attached hydrogens (tertiary/aromatic N) is 1. The van der Waals surface area contributed by atoms with Gasteiger partial charge in [0.25, 0.3) is 5.56 Å². The number of hydrogen-bond acceptors (Lipinski definition) is 2. The van der Waals surface area contributed by atoms with Crippen LogP contribution in [-0.4, -0.2) is 4.57 Å². The van der Waals surface area contributed by atoms with Crippen LogP contribution >= 0.6 is 11.6 Å². The van der Waals surface area contributed by atoms with Crippen molar-refractivity contribution in [2.45, 2.75) is 12.7 Å². The van der Waals surface area contributed by atoms with E-state index in [0.29, 0.717) is 16.3 Å². The maximum absolute atomic E-state index is 12.6. The molecular weight excluding hydrogens is 293 g/mol. The monoisotopic (exact) mass is 302 g/mol. The van der Waals surface area contributed by atoms with Gasteiger partial charge in [0.15, 0.2) is 0 Å². The van der Waals surface area contributed by atoms with Crippen molar-refractivity contribution in [1.29, 1.82) is 0 Å². The normalized spacial score (nSPS) is 11.6. The van der Waals surface area contributed by atoms with Crippen molar-refractivity contribution in [2.24, 2.45) is 0 Å². The van der Waals surface area contributed by atoms with Crippen LogP contribution < -0.4 is 11.3 Å². The number of anilines is 1. The number of rotatable bonds is 2. The van der Waals surface area contributed by atoms with Crippen LogP contribution in [0.15, 0.2) is 41.3 Å². The quantitative estimate of drug-likeness (QED) is 0.866. The molecule has 0 radical (unpaired) electrons. The lowest BCUT2D eigenvalue weighted by Crippen LogP contribution is -2.22. The average Bonchev–Trinajstić information content (AvgIpc) is 2.33. The Morgan fingerprint density at radius 2 is 1.90 bits per heavy atom. The summed E-state index contributed by atoms with van der Waals surface area (Å²) in [6.45, 7) is -0.0537. The van der Waals surface area contributed by atoms with Crippen molar-refractivity contribution in [2.75, 3.05) is 5.73 Å². The largest absolute Gasteiger partial charge is 0.417 e. The molecule has 2 aromatic rings. The number of aromatic nitrogens is 1. The molecule has 0 aliphatic carbocycles. The molecule has 0 amide bonds. The Labute approximate surface area is 117 Å². The molecule has 2 N–H and O–H groups in total. The average molecular weight is 303 g/mol. The summed E-state index contributed by atoms with van der Waals surface area (Å²) in [6, 6.07) is 6.26. The van der Waals surface area contributed by atoms with Gasteiger partial charge in [-0.2, -0.15) is 13.2 Å². The van der Waals surface area contributed by atoms with E-state index in [4.69, 9.17) is 17.3 Å². The van der Waals surface area contributed by atoms with E-state index in [9.17, 15) is 18.0 Å². The Kier molecular flexibility index (Phi) is 3.76. The molecule has 7 heteroatoms. The highest BCUT2D eigenvalue weighted by atomic mass is 35.5. The zero-order chi connectivity index (χ0) is 14.9. The standard InChI is InChI=1S/C13H10ClF3N2O/c14-11-5-10(18)3-1-8(11)6-19-7-9(13(15,16)17)2-4-12(19)20/h1-5,7H,6,18H2. The van der Waals surface area contributed by atoms with E-state index in [-0.39, 0.29) is 6.54 Å². The van der Waals surface area contributed by atoms with E-state index in [2.05, 4.69) is 0 Å². The fourth-order valence-electron chi connectivity index (χ4n) is 1.70. The SMILES string of the molecule is Nc1ccc(Cn2cc(C(F)(F)F)ccc2=O)c(Cl)c1. The summed E-state index contributed by atoms with van der Waals surface area (Å²) in [7, 11) is 0. The molecule has 0 saturated heterocycles. The number of nitrogen functional groups attached to an aromatic ring is 1. The lowest BCUT2D eigenvalue weighted by molar-refractivity contribution is -0.138. The van der Waals surface area contributed by atoms with Crippen LogP contribution in [0.4, 0.5) is 18.9 Å². The van der Waals surface area contributed by atoms with Gasteiger partial charge in [0.1, 0.15) is 0 Å². The molecule has 0 aliphatic rings. The fraction of sp³-hybridized carbons (Fsp3) is 0.154. The van der Waals surface area contributed by atoms with Crippen LogP contribution in [0.25, 0.3) is 0 Å². The van der Waals surface area contributed by atoms with Gasteiger partial charge in [0.2, 0.25) is 0 Å². The second kappa shape index (κ2) is 5.20. The summed E-state index contributed by atoms with van der Waals surface area (Å²) in [5, 5.41) is 0.300. The number of nitrogens with two attached hydrogens (primary N) is 1. The molecule has 0 saturated carbocycles. The summed E-state index contributed by atoms with van der Waals surface area (Å²) in [4.78, 5) is 11.6. The third-order valence-electron chi connectivity index (χ3n) is 2.73. The number of alkyl halides is 3. The summed E-state index contributed by atoms with van der Waals surface area (Å²) >= 11 is 5.94. The third kappa shape index (κ3) is 3.14. The molecule has 1 aromatic carbocycles. The highest BCUT2D eigenvalue weighted by Gasteiger charge is 2.31. The topological polar surface area (TPSA) is 48.0 Å². The van der Waals surface area contributed by atoms with Crippen LogP contribution in [0.2, 0.25) is 5.02 Å². The van der Waals surface area contributed by atoms with Crippen LogP contribution in [0.5, 0.6) is 0 Å². The second-order valence-corrected chi connectivity index (χ2v) is 4.64. The van der Waals surface area contributed by atoms with Crippen LogP contribution in [0, 0.1) is 0 Å². The van der Waals surface area contributed by atoms with Crippen LogP contribution in [-0.2, 0) is 12.7 Å². The van der Waals surface area contributed by atoms with Crippen molar-refractivity contribution in [1.82, 2.24) is 4.57 Å². The Morgan fingerprint density at radius 1 is 1.20 bits per heavy atom. The van der Waals surface area contributed by atoms with E-state index in [0.717, 1.165) is 22.9 Å². The second-order valence-electron chi connectivity index (χ2n) is 4.23. The van der Waals surface area contributed by atoms with Crippen molar-refractivity contribution in [3.8, 4) is 0 Å². The zero-order valence-corrected chi connectivity index (χ0v) is 10.9. The van der Waals surface area contributed by atoms with Gasteiger partial charge in [-0.1, -0.05) is 17.7 Å². The number of pyridine rings is 1. The predicted octanol–water partition coefficient (Wildman–Crippen LogP) is 3.15. The summed E-state index contributed by atoms with van der Waals surface area (Å²) < 4.78 is 38.8. The Morgan fingerprint density at radius 3 is 2.50 bits per heavy atom. The minimum Gasteiger partial charge on any atom is -0.399 e. The highest BCUT2D eigenvalue weighted by molar-refractivity contribution is 6.31. The van der Waals surface area contributed by atoms with Gasteiger partial charge in [-0.25, -0.2) is 0 Å². The van der Waals surface area contributed by atoms with Gasteiger partial charge in [-0.15, -0.1) is 0 Å². The third-order valence-corrected chi connectivity index (χ3v) is 3.08. The Hall–Kier alpha value is -1.95. The summed E-state index contributed by atoms with van der Waals surface area (Å²) in [5.74, 6) is 0. The molecule has 3 nitrogen and oxygen atoms in total. The van der Waals surface area contributed by atoms with Gasteiger partial charge < -0.3 is 10.3 Å². The molecule has 1 aromatic heterocycles. The maximum Gasteiger partial charge on any atom is 0.417 e. The Bertz CT molecular complexity index is 695. The predicted molar refractivity (Wildman–Crippen MR) is 70.7 cm³/mol. The van der Waals surface area contributed by atoms with Gasteiger partial charge in [-0.05, 0) is 23.8 Å². The number of halogens is 4. The Balaban J connectivity index is 2.40. The molecular formula is C13H10ClF3N2O. The van der Waals surface area contributed by atoms with Crippen LogP contribution in [0.1, 0.15) is 11.1 Å². The van der Waals surface area contributed by atoms with E-state index < -0.39 is 17.3 Å². The first kappa shape index (κ1) is 14.5. The van der Waals surface area contributed by atoms with E-state index in [1.165, 1.54) is 6.07 Å². The molecule has 1 heterocycles. The molecule has 0 bridgehead atoms. The maximum atomic E-state index is 12.6. The van der Waals surface area contributed by atoms with Crippen molar-refractivity contribution < 1.29 is 13.2 Å². The highest BCUT2D eigenvalue weighted by Crippen LogP contribution is 2.28. The molecule has 0 aliphatic heterocycles. The molecule has 106 valence electrons. The molecule has 0 atom stereocenters. The molecule has 20 heavy (non-hydrogen) atoms. The minimum absolute atomic E-state index is 0.0537. The van der Waals surface area contributed by atoms with Gasteiger partial charge in [-0.3, -0.25) is 4.79 Å². The van der Waals surface area contributed by atoms with Gasteiger partial charge >= 0.3 is 6.18 Å². The van der Waals surface area contributed by atoms with Gasteiger partial charge in [0.05, 0.1) is 12.1 Å². The zero-order valence-electron chi connectivity index (χ0n) is 10.1. The van der Waals surface area contributed by atoms with E-state index >= 15 is 0 Å². The van der Waals surface area contributed by atoms with E-state index in [1.54, 1.807) is 12.1 Å². The molecule has 0 fully saturated rings. The van der Waals surface area contributed by atoms with Crippen molar-refractivity contribution >= 4 is 17.3 Å². The molecule has 2 rings (SSSR count). The van der Waals surface area contributed by atoms with Crippen molar-refractivity contribution in [3.05, 3.63) is 63.0 Å². The first-order valence-corrected chi connectivity index (χ1v) is 5.97. The van der Waals surface area contributed by atoms with Crippen molar-refractivity contribution in [3.63, 3.8) is 0 Å².